The molecule has 24 heavy (non-hydrogen) atoms. The van der Waals surface area contributed by atoms with E-state index in [0.717, 1.165) is 22.4 Å². The first-order valence-electron chi connectivity index (χ1n) is 7.16. The zero-order valence-electron chi connectivity index (χ0n) is 12.8. The Morgan fingerprint density at radius 3 is 1.88 bits per heavy atom. The molecule has 0 amide bonds. The number of hydrogen-bond acceptors (Lipinski definition) is 4. The standard InChI is InChI=1S/C17H15N7/c18-15(19)11-3-1-10(2-4-11)14-6-5-12(7-22-14)13-8-23-17(16(20)21)24-9-13/h1-9H,(H3,18,19)(H3,20,21)/p+1. The molecule has 0 fully saturated rings. The third-order valence-corrected chi connectivity index (χ3v) is 3.50. The van der Waals surface area contributed by atoms with Gasteiger partial charge in [0.05, 0.1) is 5.69 Å². The van der Waals surface area contributed by atoms with Crippen molar-refractivity contribution in [2.75, 3.05) is 0 Å². The molecule has 7 N–H and O–H groups in total. The van der Waals surface area contributed by atoms with Crippen LogP contribution in [0, 0.1) is 5.41 Å². The SMILES string of the molecule is N=C(N)c1ccc(-c2ccc(-c3cnc(C(N)=[NH2+])nc3)cn2)cc1. The maximum Gasteiger partial charge on any atom is 0.309 e. The van der Waals surface area contributed by atoms with Crippen molar-refractivity contribution < 1.29 is 5.41 Å². The fourth-order valence-electron chi connectivity index (χ4n) is 2.18. The first-order chi connectivity index (χ1) is 11.5. The highest BCUT2D eigenvalue weighted by atomic mass is 14.9. The number of benzene rings is 1. The van der Waals surface area contributed by atoms with E-state index in [0.29, 0.717) is 11.4 Å². The fourth-order valence-corrected chi connectivity index (χ4v) is 2.18. The Labute approximate surface area is 138 Å². The molecule has 0 saturated heterocycles. The number of nitrogens with one attached hydrogen (secondary N) is 1. The molecule has 0 aliphatic carbocycles. The van der Waals surface area contributed by atoms with Gasteiger partial charge in [-0.05, 0) is 6.07 Å². The molecule has 0 unspecified atom stereocenters. The van der Waals surface area contributed by atoms with Gasteiger partial charge in [0.25, 0.3) is 0 Å². The lowest BCUT2D eigenvalue weighted by Crippen LogP contribution is -2.47. The topological polar surface area (TPSA) is 140 Å². The minimum atomic E-state index is 0.0451. The highest BCUT2D eigenvalue weighted by molar-refractivity contribution is 5.95. The number of pyridine rings is 1. The summed E-state index contributed by atoms with van der Waals surface area (Å²) in [5.41, 5.74) is 15.1. The van der Waals surface area contributed by atoms with Crippen molar-refractivity contribution in [1.82, 2.24) is 15.0 Å². The minimum absolute atomic E-state index is 0.0451. The number of hydrogen-bond donors (Lipinski definition) is 4. The van der Waals surface area contributed by atoms with Crippen molar-refractivity contribution in [2.45, 2.75) is 0 Å². The normalized spacial score (nSPS) is 10.3. The van der Waals surface area contributed by atoms with E-state index in [9.17, 15) is 0 Å². The molecular formula is C17H16N7+. The van der Waals surface area contributed by atoms with Gasteiger partial charge in [-0.25, -0.2) is 9.97 Å². The molecule has 0 spiro atoms. The second-order valence-electron chi connectivity index (χ2n) is 5.17. The molecule has 3 aromatic rings. The average Bonchev–Trinajstić information content (AvgIpc) is 2.62. The Balaban J connectivity index is 1.84. The van der Waals surface area contributed by atoms with E-state index in [1.807, 2.05) is 24.3 Å². The van der Waals surface area contributed by atoms with Crippen molar-refractivity contribution in [3.8, 4) is 22.4 Å². The van der Waals surface area contributed by atoms with Gasteiger partial charge in [0, 0.05) is 40.8 Å². The summed E-state index contributed by atoms with van der Waals surface area (Å²) in [4.78, 5) is 12.7. The Hall–Kier alpha value is -3.61. The smallest absolute Gasteiger partial charge is 0.309 e. The molecule has 0 radical (unpaired) electrons. The van der Waals surface area contributed by atoms with E-state index < -0.39 is 0 Å². The second-order valence-corrected chi connectivity index (χ2v) is 5.17. The van der Waals surface area contributed by atoms with Crippen LogP contribution in [0.1, 0.15) is 11.4 Å². The Bertz CT molecular complexity index is 805. The third kappa shape index (κ3) is 3.09. The van der Waals surface area contributed by atoms with Gasteiger partial charge >= 0.3 is 5.84 Å². The quantitative estimate of drug-likeness (QED) is 0.394. The van der Waals surface area contributed by atoms with Gasteiger partial charge in [-0.15, -0.1) is 0 Å². The summed E-state index contributed by atoms with van der Waals surface area (Å²) in [5, 5.41) is 12.9. The predicted molar refractivity (Wildman–Crippen MR) is 91.9 cm³/mol. The van der Waals surface area contributed by atoms with Crippen LogP contribution in [0.5, 0.6) is 0 Å². The maximum absolute atomic E-state index is 7.41. The van der Waals surface area contributed by atoms with Crippen LogP contribution in [0.2, 0.25) is 0 Å². The van der Waals surface area contributed by atoms with E-state index >= 15 is 0 Å². The summed E-state index contributed by atoms with van der Waals surface area (Å²) in [6.45, 7) is 0. The molecule has 7 nitrogen and oxygen atoms in total. The third-order valence-electron chi connectivity index (χ3n) is 3.50. The van der Waals surface area contributed by atoms with Crippen LogP contribution < -0.4 is 16.9 Å². The first kappa shape index (κ1) is 15.3. The molecule has 1 aromatic carbocycles. The van der Waals surface area contributed by atoms with Crippen LogP contribution in [0.4, 0.5) is 0 Å². The van der Waals surface area contributed by atoms with Gasteiger partial charge in [-0.3, -0.25) is 21.5 Å². The number of aromatic nitrogens is 3. The molecule has 2 aromatic heterocycles. The van der Waals surface area contributed by atoms with Crippen molar-refractivity contribution in [1.29, 1.82) is 5.41 Å². The Morgan fingerprint density at radius 2 is 1.38 bits per heavy atom. The molecule has 0 saturated carbocycles. The first-order valence-corrected chi connectivity index (χ1v) is 7.16. The molecule has 2 heterocycles. The van der Waals surface area contributed by atoms with Gasteiger partial charge in [0.2, 0.25) is 5.82 Å². The molecule has 0 atom stereocenters. The number of amidine groups is 2. The highest BCUT2D eigenvalue weighted by Crippen LogP contribution is 2.22. The number of rotatable bonds is 4. The van der Waals surface area contributed by atoms with Crippen LogP contribution >= 0.6 is 0 Å². The molecule has 0 aliphatic rings. The summed E-state index contributed by atoms with van der Waals surface area (Å²) in [5.74, 6) is 0.446. The van der Waals surface area contributed by atoms with Gasteiger partial charge < -0.3 is 5.73 Å². The fraction of sp³-hybridized carbons (Fsp3) is 0. The van der Waals surface area contributed by atoms with E-state index in [4.69, 9.17) is 22.3 Å². The number of nitrogens with zero attached hydrogens (tertiary/aromatic N) is 3. The van der Waals surface area contributed by atoms with E-state index in [1.54, 1.807) is 30.7 Å². The summed E-state index contributed by atoms with van der Waals surface area (Å²) in [6.07, 6.45) is 5.06. The molecule has 118 valence electrons. The monoisotopic (exact) mass is 318 g/mol. The van der Waals surface area contributed by atoms with Gasteiger partial charge in [-0.2, -0.15) is 0 Å². The lowest BCUT2D eigenvalue weighted by molar-refractivity contribution is -0.114. The molecule has 3 rings (SSSR count). The van der Waals surface area contributed by atoms with Crippen LogP contribution in [-0.4, -0.2) is 26.6 Å². The zero-order valence-corrected chi connectivity index (χ0v) is 12.8. The summed E-state index contributed by atoms with van der Waals surface area (Å²) in [7, 11) is 0. The minimum Gasteiger partial charge on any atom is -0.384 e. The van der Waals surface area contributed by atoms with Crippen molar-refractivity contribution in [2.24, 2.45) is 11.5 Å². The number of nitrogens with two attached hydrogens (primary N) is 3. The van der Waals surface area contributed by atoms with Crippen LogP contribution in [0.15, 0.2) is 55.0 Å². The second kappa shape index (κ2) is 6.25. The summed E-state index contributed by atoms with van der Waals surface area (Å²) < 4.78 is 0. The Kier molecular flexibility index (Phi) is 3.98. The van der Waals surface area contributed by atoms with Gasteiger partial charge in [0.15, 0.2) is 0 Å². The predicted octanol–water partition coefficient (Wildman–Crippen LogP) is -0.0459. The lowest BCUT2D eigenvalue weighted by Gasteiger charge is -2.05. The number of nitrogen functional groups attached to an aromatic ring is 1. The molecule has 0 bridgehead atoms. The van der Waals surface area contributed by atoms with Crippen molar-refractivity contribution >= 4 is 11.7 Å². The van der Waals surface area contributed by atoms with Crippen LogP contribution in [0.3, 0.4) is 0 Å². The van der Waals surface area contributed by atoms with Crippen molar-refractivity contribution in [3.63, 3.8) is 0 Å². The zero-order chi connectivity index (χ0) is 17.1. The van der Waals surface area contributed by atoms with Gasteiger partial charge in [-0.1, -0.05) is 30.3 Å². The Morgan fingerprint density at radius 1 is 0.792 bits per heavy atom. The van der Waals surface area contributed by atoms with Gasteiger partial charge in [0.1, 0.15) is 5.84 Å². The summed E-state index contributed by atoms with van der Waals surface area (Å²) in [6, 6.07) is 11.2. The molecule has 0 aliphatic heterocycles. The molecule has 7 heteroatoms. The van der Waals surface area contributed by atoms with E-state index in [1.165, 1.54) is 0 Å². The van der Waals surface area contributed by atoms with E-state index in [2.05, 4.69) is 15.0 Å². The lowest BCUT2D eigenvalue weighted by atomic mass is 10.1. The maximum atomic E-state index is 7.41. The molecular weight excluding hydrogens is 302 g/mol. The van der Waals surface area contributed by atoms with Crippen molar-refractivity contribution in [3.05, 3.63) is 66.4 Å². The van der Waals surface area contributed by atoms with Crippen LogP contribution in [-0.2, 0) is 0 Å². The highest BCUT2D eigenvalue weighted by Gasteiger charge is 2.07. The largest absolute Gasteiger partial charge is 0.384 e. The van der Waals surface area contributed by atoms with Crippen LogP contribution in [0.25, 0.3) is 22.4 Å². The van der Waals surface area contributed by atoms with E-state index in [-0.39, 0.29) is 11.7 Å². The average molecular weight is 318 g/mol. The summed E-state index contributed by atoms with van der Waals surface area (Å²) >= 11 is 0.